The molecule has 0 aliphatic heterocycles. The molecule has 0 saturated heterocycles. The molecule has 0 saturated carbocycles. The molecule has 1 rings (SSSR count). The van der Waals surface area contributed by atoms with Crippen LogP contribution in [0.5, 0.6) is 0 Å². The minimum Gasteiger partial charge on any atom is -0.477 e. The third kappa shape index (κ3) is 5.38. The zero-order chi connectivity index (χ0) is 14.2. The molecule has 0 aliphatic carbocycles. The molecule has 1 N–H and O–H groups in total. The Bertz CT molecular complexity index is 390. The fraction of sp³-hybridized carbons (Fsp3) is 0.333. The molecule has 0 fully saturated rings. The molecule has 0 unspecified atom stereocenters. The molecule has 0 aromatic heterocycles. The number of aliphatic carboxylic acids is 1. The quantitative estimate of drug-likeness (QED) is 0.848. The Kier molecular flexibility index (Phi) is 6.56. The van der Waals surface area contributed by atoms with Crippen LogP contribution in [0.1, 0.15) is 19.4 Å². The van der Waals surface area contributed by atoms with Crippen molar-refractivity contribution in [3.8, 4) is 0 Å². The number of carboxylic acids is 1. The van der Waals surface area contributed by atoms with Gasteiger partial charge in [0.25, 0.3) is 0 Å². The van der Waals surface area contributed by atoms with E-state index in [1.807, 2.05) is 0 Å². The highest BCUT2D eigenvalue weighted by molar-refractivity contribution is 5.77. The molecule has 0 atom stereocenters. The van der Waals surface area contributed by atoms with Gasteiger partial charge >= 0.3 is 17.9 Å². The molecule has 100 valence electrons. The molecule has 6 heteroatoms. The number of hydrogen-bond acceptors (Lipinski definition) is 3. The molecule has 0 aliphatic rings. The van der Waals surface area contributed by atoms with Crippen molar-refractivity contribution in [2.24, 2.45) is 0 Å². The average Bonchev–Trinajstić information content (AvgIpc) is 2.30. The molecular weight excluding hydrogens is 246 g/mol. The lowest BCUT2D eigenvalue weighted by molar-refractivity contribution is -0.166. The maximum atomic E-state index is 12.7. The molecule has 0 spiro atoms. The van der Waals surface area contributed by atoms with Crippen molar-refractivity contribution in [3.05, 3.63) is 35.9 Å². The molecule has 0 bridgehead atoms. The van der Waals surface area contributed by atoms with Crippen molar-refractivity contribution >= 4 is 11.9 Å². The third-order valence-corrected chi connectivity index (χ3v) is 1.75. The number of ether oxygens (including phenoxy) is 1. The van der Waals surface area contributed by atoms with E-state index in [0.717, 1.165) is 12.1 Å². The van der Waals surface area contributed by atoms with Crippen LogP contribution in [-0.2, 0) is 20.2 Å². The Morgan fingerprint density at radius 2 is 1.78 bits per heavy atom. The summed E-state index contributed by atoms with van der Waals surface area (Å²) in [5, 5.41) is 8.14. The van der Waals surface area contributed by atoms with Crippen molar-refractivity contribution in [3.63, 3.8) is 0 Å². The van der Waals surface area contributed by atoms with Crippen LogP contribution in [0.15, 0.2) is 30.3 Å². The van der Waals surface area contributed by atoms with Gasteiger partial charge in [0.1, 0.15) is 0 Å². The first-order valence-electron chi connectivity index (χ1n) is 5.12. The number of esters is 1. The van der Waals surface area contributed by atoms with Crippen LogP contribution >= 0.6 is 0 Å². The first kappa shape index (κ1) is 16.0. The maximum absolute atomic E-state index is 12.7. The van der Waals surface area contributed by atoms with Gasteiger partial charge < -0.3 is 9.84 Å². The standard InChI is InChI=1S/C8H6F2O2.C4H8O2/c9-8(10,7(11)12)6-4-2-1-3-5-6;1-3-6-4(2)5/h1-5H,(H,11,12);3H2,1-2H3. The molecular formula is C12H14F2O4. The van der Waals surface area contributed by atoms with E-state index < -0.39 is 17.5 Å². The zero-order valence-electron chi connectivity index (χ0n) is 10.0. The van der Waals surface area contributed by atoms with Crippen LogP contribution in [-0.4, -0.2) is 23.7 Å². The Morgan fingerprint density at radius 1 is 1.28 bits per heavy atom. The molecule has 0 radical (unpaired) electrons. The van der Waals surface area contributed by atoms with Gasteiger partial charge in [0.05, 0.1) is 6.61 Å². The number of alkyl halides is 2. The summed E-state index contributed by atoms with van der Waals surface area (Å²) >= 11 is 0. The van der Waals surface area contributed by atoms with Gasteiger partial charge in [-0.15, -0.1) is 0 Å². The molecule has 1 aromatic rings. The summed E-state index contributed by atoms with van der Waals surface area (Å²) < 4.78 is 29.8. The fourth-order valence-corrected chi connectivity index (χ4v) is 0.974. The predicted molar refractivity (Wildman–Crippen MR) is 60.3 cm³/mol. The summed E-state index contributed by atoms with van der Waals surface area (Å²) in [7, 11) is 0. The van der Waals surface area contributed by atoms with Crippen LogP contribution in [0, 0.1) is 0 Å². The summed E-state index contributed by atoms with van der Waals surface area (Å²) in [5.41, 5.74) is -0.502. The largest absolute Gasteiger partial charge is 0.477 e. The van der Waals surface area contributed by atoms with Gasteiger partial charge in [-0.3, -0.25) is 4.79 Å². The number of carbonyl (C=O) groups excluding carboxylic acids is 1. The van der Waals surface area contributed by atoms with Crippen molar-refractivity contribution in [1.82, 2.24) is 0 Å². The van der Waals surface area contributed by atoms with Crippen molar-refractivity contribution < 1.29 is 28.2 Å². The van der Waals surface area contributed by atoms with E-state index in [-0.39, 0.29) is 5.97 Å². The number of hydrogen-bond donors (Lipinski definition) is 1. The fourth-order valence-electron chi connectivity index (χ4n) is 0.974. The van der Waals surface area contributed by atoms with Crippen molar-refractivity contribution in [2.75, 3.05) is 6.61 Å². The highest BCUT2D eigenvalue weighted by atomic mass is 19.3. The third-order valence-electron chi connectivity index (χ3n) is 1.75. The number of carboxylic acid groups (broad SMARTS) is 1. The number of halogens is 2. The van der Waals surface area contributed by atoms with E-state index in [1.165, 1.54) is 19.1 Å². The minimum absolute atomic E-state index is 0.211. The van der Waals surface area contributed by atoms with E-state index in [4.69, 9.17) is 5.11 Å². The predicted octanol–water partition coefficient (Wildman–Crippen LogP) is 2.43. The van der Waals surface area contributed by atoms with E-state index in [1.54, 1.807) is 13.0 Å². The van der Waals surface area contributed by atoms with E-state index in [2.05, 4.69) is 4.74 Å². The SMILES string of the molecule is CCOC(C)=O.O=C(O)C(F)(F)c1ccccc1. The van der Waals surface area contributed by atoms with E-state index >= 15 is 0 Å². The summed E-state index contributed by atoms with van der Waals surface area (Å²) in [5.74, 6) is -6.13. The lowest BCUT2D eigenvalue weighted by atomic mass is 10.1. The highest BCUT2D eigenvalue weighted by Crippen LogP contribution is 2.27. The van der Waals surface area contributed by atoms with Crippen LogP contribution < -0.4 is 0 Å². The van der Waals surface area contributed by atoms with Gasteiger partial charge in [0.2, 0.25) is 0 Å². The topological polar surface area (TPSA) is 63.6 Å². The average molecular weight is 260 g/mol. The lowest BCUT2D eigenvalue weighted by Crippen LogP contribution is -2.24. The Hall–Kier alpha value is -1.98. The van der Waals surface area contributed by atoms with Crippen LogP contribution in [0.3, 0.4) is 0 Å². The van der Waals surface area contributed by atoms with Crippen molar-refractivity contribution in [1.29, 1.82) is 0 Å². The first-order chi connectivity index (χ1) is 8.32. The summed E-state index contributed by atoms with van der Waals surface area (Å²) in [6.45, 7) is 3.65. The summed E-state index contributed by atoms with van der Waals surface area (Å²) in [6.07, 6.45) is 0. The van der Waals surface area contributed by atoms with Crippen LogP contribution in [0.25, 0.3) is 0 Å². The molecule has 0 amide bonds. The molecule has 0 heterocycles. The number of carbonyl (C=O) groups is 2. The van der Waals surface area contributed by atoms with Gasteiger partial charge in [-0.2, -0.15) is 8.78 Å². The first-order valence-corrected chi connectivity index (χ1v) is 5.12. The Morgan fingerprint density at radius 3 is 2.06 bits per heavy atom. The van der Waals surface area contributed by atoms with Gasteiger partial charge in [-0.05, 0) is 6.92 Å². The van der Waals surface area contributed by atoms with Crippen LogP contribution in [0.2, 0.25) is 0 Å². The van der Waals surface area contributed by atoms with Gasteiger partial charge in [-0.25, -0.2) is 4.79 Å². The molecule has 18 heavy (non-hydrogen) atoms. The van der Waals surface area contributed by atoms with E-state index in [9.17, 15) is 18.4 Å². The van der Waals surface area contributed by atoms with Gasteiger partial charge in [0.15, 0.2) is 0 Å². The molecule has 4 nitrogen and oxygen atoms in total. The molecule has 1 aromatic carbocycles. The van der Waals surface area contributed by atoms with E-state index in [0.29, 0.717) is 6.61 Å². The smallest absolute Gasteiger partial charge is 0.379 e. The number of rotatable bonds is 3. The van der Waals surface area contributed by atoms with Crippen LogP contribution in [0.4, 0.5) is 8.78 Å². The normalized spacial score (nSPS) is 10.0. The zero-order valence-corrected chi connectivity index (χ0v) is 10.0. The second kappa shape index (κ2) is 7.37. The van der Waals surface area contributed by atoms with Gasteiger partial charge in [0, 0.05) is 12.5 Å². The minimum atomic E-state index is -3.79. The monoisotopic (exact) mass is 260 g/mol. The summed E-state index contributed by atoms with van der Waals surface area (Å²) in [4.78, 5) is 19.9. The Balaban J connectivity index is 0.000000411. The lowest BCUT2D eigenvalue weighted by Gasteiger charge is -2.09. The van der Waals surface area contributed by atoms with Gasteiger partial charge in [-0.1, -0.05) is 30.3 Å². The highest BCUT2D eigenvalue weighted by Gasteiger charge is 2.40. The Labute approximate surface area is 103 Å². The second-order valence-corrected chi connectivity index (χ2v) is 3.17. The second-order valence-electron chi connectivity index (χ2n) is 3.17. The summed E-state index contributed by atoms with van der Waals surface area (Å²) in [6, 6.07) is 6.43. The number of benzene rings is 1. The van der Waals surface area contributed by atoms with Crippen molar-refractivity contribution in [2.45, 2.75) is 19.8 Å². The maximum Gasteiger partial charge on any atom is 0.379 e.